The Kier molecular flexibility index (Phi) is 8.50. The van der Waals surface area contributed by atoms with Gasteiger partial charge < -0.3 is 19.8 Å². The van der Waals surface area contributed by atoms with Gasteiger partial charge in [-0.3, -0.25) is 4.99 Å². The van der Waals surface area contributed by atoms with Gasteiger partial charge in [-0.15, -0.1) is 24.0 Å². The minimum absolute atomic E-state index is 0. The molecule has 0 amide bonds. The molecule has 0 aliphatic rings. The van der Waals surface area contributed by atoms with Gasteiger partial charge in [0.1, 0.15) is 12.0 Å². The molecule has 0 bridgehead atoms. The molecule has 29 heavy (non-hydrogen) atoms. The van der Waals surface area contributed by atoms with E-state index in [1.807, 2.05) is 37.3 Å². The molecule has 1 aromatic heterocycles. The molecule has 154 valence electrons. The molecule has 3 aromatic rings. The van der Waals surface area contributed by atoms with Gasteiger partial charge in [-0.25, -0.2) is 4.98 Å². The van der Waals surface area contributed by atoms with Crippen molar-refractivity contribution in [2.75, 3.05) is 14.2 Å². The summed E-state index contributed by atoms with van der Waals surface area (Å²) < 4.78 is 11.1. The summed E-state index contributed by atoms with van der Waals surface area (Å²) in [5.74, 6) is 2.16. The first-order chi connectivity index (χ1) is 13.6. The second kappa shape index (κ2) is 10.8. The molecule has 0 aliphatic carbocycles. The van der Waals surface area contributed by atoms with Gasteiger partial charge in [-0.1, -0.05) is 29.8 Å². The monoisotopic (exact) mass is 506 g/mol. The van der Waals surface area contributed by atoms with Gasteiger partial charge in [0.05, 0.1) is 19.3 Å². The van der Waals surface area contributed by atoms with Gasteiger partial charge in [-0.2, -0.15) is 0 Å². The normalized spacial score (nSPS) is 11.0. The van der Waals surface area contributed by atoms with Crippen molar-refractivity contribution in [1.29, 1.82) is 0 Å². The second-order valence-electron chi connectivity index (χ2n) is 6.60. The van der Waals surface area contributed by atoms with Crippen molar-refractivity contribution in [3.8, 4) is 17.2 Å². The lowest BCUT2D eigenvalue weighted by atomic mass is 10.1. The van der Waals surface area contributed by atoms with Crippen molar-refractivity contribution < 1.29 is 9.15 Å². The molecule has 3 rings (SSSR count). The van der Waals surface area contributed by atoms with Crippen LogP contribution in [-0.2, 0) is 13.1 Å². The Balaban J connectivity index is 0.00000300. The van der Waals surface area contributed by atoms with Gasteiger partial charge >= 0.3 is 0 Å². The Bertz CT molecular complexity index is 952. The van der Waals surface area contributed by atoms with E-state index in [9.17, 15) is 0 Å². The van der Waals surface area contributed by atoms with Crippen molar-refractivity contribution in [2.45, 2.75) is 26.9 Å². The summed E-state index contributed by atoms with van der Waals surface area (Å²) in [6.07, 6.45) is 1.67. The number of ether oxygens (including phenoxy) is 1. The average Bonchev–Trinajstić information content (AvgIpc) is 3.18. The Labute approximate surface area is 188 Å². The summed E-state index contributed by atoms with van der Waals surface area (Å²) in [7, 11) is 3.42. The number of rotatable bonds is 6. The molecule has 0 unspecified atom stereocenters. The topological polar surface area (TPSA) is 71.7 Å². The van der Waals surface area contributed by atoms with Gasteiger partial charge in [-0.05, 0) is 37.6 Å². The van der Waals surface area contributed by atoms with E-state index in [1.165, 1.54) is 11.1 Å². The van der Waals surface area contributed by atoms with E-state index in [4.69, 9.17) is 9.15 Å². The Morgan fingerprint density at radius 2 is 1.72 bits per heavy atom. The summed E-state index contributed by atoms with van der Waals surface area (Å²) in [6.45, 7) is 5.22. The van der Waals surface area contributed by atoms with Crippen LogP contribution in [0.2, 0.25) is 0 Å². The zero-order valence-corrected chi connectivity index (χ0v) is 19.5. The van der Waals surface area contributed by atoms with Crippen LogP contribution in [0.4, 0.5) is 0 Å². The third-order valence-electron chi connectivity index (χ3n) is 4.40. The predicted octanol–water partition coefficient (Wildman–Crippen LogP) is 4.45. The van der Waals surface area contributed by atoms with Crippen LogP contribution in [0.3, 0.4) is 0 Å². The van der Waals surface area contributed by atoms with Gasteiger partial charge in [0, 0.05) is 24.7 Å². The molecule has 0 saturated heterocycles. The fourth-order valence-electron chi connectivity index (χ4n) is 2.79. The highest BCUT2D eigenvalue weighted by molar-refractivity contribution is 14.0. The number of nitrogens with zero attached hydrogens (tertiary/aromatic N) is 2. The second-order valence-corrected chi connectivity index (χ2v) is 6.60. The number of aryl methyl sites for hydroxylation is 2. The lowest BCUT2D eigenvalue weighted by molar-refractivity contribution is 0.408. The first-order valence-electron chi connectivity index (χ1n) is 9.18. The summed E-state index contributed by atoms with van der Waals surface area (Å²) >= 11 is 0. The summed E-state index contributed by atoms with van der Waals surface area (Å²) in [5, 5.41) is 6.55. The van der Waals surface area contributed by atoms with Crippen LogP contribution in [0.1, 0.15) is 22.4 Å². The molecule has 0 spiro atoms. The van der Waals surface area contributed by atoms with Crippen molar-refractivity contribution in [3.63, 3.8) is 0 Å². The average molecular weight is 506 g/mol. The molecule has 0 atom stereocenters. The molecule has 6 nitrogen and oxygen atoms in total. The maximum Gasteiger partial charge on any atom is 0.226 e. The van der Waals surface area contributed by atoms with E-state index in [-0.39, 0.29) is 24.0 Å². The number of halogens is 1. The minimum Gasteiger partial charge on any atom is -0.496 e. The van der Waals surface area contributed by atoms with E-state index in [2.05, 4.69) is 39.7 Å². The number of oxazole rings is 1. The maximum absolute atomic E-state index is 5.60. The highest BCUT2D eigenvalue weighted by Gasteiger charge is 2.08. The van der Waals surface area contributed by atoms with E-state index in [0.29, 0.717) is 24.9 Å². The lowest BCUT2D eigenvalue weighted by Gasteiger charge is -2.13. The third kappa shape index (κ3) is 6.22. The first-order valence-corrected chi connectivity index (χ1v) is 9.18. The maximum atomic E-state index is 5.60. The van der Waals surface area contributed by atoms with E-state index < -0.39 is 0 Å². The van der Waals surface area contributed by atoms with E-state index in [1.54, 1.807) is 20.4 Å². The van der Waals surface area contributed by atoms with Gasteiger partial charge in [0.15, 0.2) is 5.96 Å². The van der Waals surface area contributed by atoms with Crippen molar-refractivity contribution >= 4 is 29.9 Å². The van der Waals surface area contributed by atoms with Crippen LogP contribution in [-0.4, -0.2) is 25.1 Å². The number of hydrogen-bond donors (Lipinski definition) is 2. The quantitative estimate of drug-likeness (QED) is 0.294. The SMILES string of the molecule is CN=C(NCc1coc(-c2ccc(C)cc2)n1)NCc1ccc(C)cc1OC.I. The van der Waals surface area contributed by atoms with Gasteiger partial charge in [0.25, 0.3) is 0 Å². The Morgan fingerprint density at radius 3 is 2.41 bits per heavy atom. The summed E-state index contributed by atoms with van der Waals surface area (Å²) in [5.41, 5.74) is 5.22. The molecule has 0 saturated carbocycles. The molecule has 1 heterocycles. The van der Waals surface area contributed by atoms with Crippen LogP contribution >= 0.6 is 24.0 Å². The van der Waals surface area contributed by atoms with Crippen LogP contribution < -0.4 is 15.4 Å². The first kappa shape index (κ1) is 22.7. The number of aliphatic imine (C=N–C) groups is 1. The fraction of sp³-hybridized carbons (Fsp3) is 0.273. The van der Waals surface area contributed by atoms with Gasteiger partial charge in [0.2, 0.25) is 5.89 Å². The van der Waals surface area contributed by atoms with Crippen LogP contribution in [0.15, 0.2) is 58.1 Å². The number of nitrogens with one attached hydrogen (secondary N) is 2. The van der Waals surface area contributed by atoms with Crippen molar-refractivity contribution in [3.05, 3.63) is 71.1 Å². The van der Waals surface area contributed by atoms with E-state index >= 15 is 0 Å². The number of hydrogen-bond acceptors (Lipinski definition) is 4. The number of methoxy groups -OCH3 is 1. The molecule has 2 aromatic carbocycles. The molecule has 0 radical (unpaired) electrons. The van der Waals surface area contributed by atoms with Crippen LogP contribution in [0, 0.1) is 13.8 Å². The van der Waals surface area contributed by atoms with E-state index in [0.717, 1.165) is 22.6 Å². The summed E-state index contributed by atoms with van der Waals surface area (Å²) in [6, 6.07) is 14.2. The highest BCUT2D eigenvalue weighted by atomic mass is 127. The molecule has 0 fully saturated rings. The Hall–Kier alpha value is -2.55. The number of guanidine groups is 1. The zero-order chi connectivity index (χ0) is 19.9. The fourth-order valence-corrected chi connectivity index (χ4v) is 2.79. The van der Waals surface area contributed by atoms with Crippen LogP contribution in [0.5, 0.6) is 5.75 Å². The zero-order valence-electron chi connectivity index (χ0n) is 17.2. The van der Waals surface area contributed by atoms with Crippen molar-refractivity contribution in [1.82, 2.24) is 15.6 Å². The molecule has 0 aliphatic heterocycles. The van der Waals surface area contributed by atoms with Crippen molar-refractivity contribution in [2.24, 2.45) is 4.99 Å². The standard InChI is InChI=1S/C22H26N4O2.HI/c1-15-5-8-17(9-6-15)21-26-19(14-28-21)13-25-22(23-3)24-12-18-10-7-16(2)11-20(18)27-4;/h5-11,14H,12-13H2,1-4H3,(H2,23,24,25);1H. The molecule has 7 heteroatoms. The largest absolute Gasteiger partial charge is 0.496 e. The molecular weight excluding hydrogens is 479 g/mol. The lowest BCUT2D eigenvalue weighted by Crippen LogP contribution is -2.36. The predicted molar refractivity (Wildman–Crippen MR) is 127 cm³/mol. The molecule has 2 N–H and O–H groups in total. The summed E-state index contributed by atoms with van der Waals surface area (Å²) in [4.78, 5) is 8.80. The Morgan fingerprint density at radius 1 is 1.03 bits per heavy atom. The smallest absolute Gasteiger partial charge is 0.226 e. The highest BCUT2D eigenvalue weighted by Crippen LogP contribution is 2.20. The van der Waals surface area contributed by atoms with Crippen LogP contribution in [0.25, 0.3) is 11.5 Å². The number of aromatic nitrogens is 1. The third-order valence-corrected chi connectivity index (χ3v) is 4.40. The number of benzene rings is 2. The molecular formula is C22H27IN4O2. The minimum atomic E-state index is 0.